The predicted molar refractivity (Wildman–Crippen MR) is 73.5 cm³/mol. The van der Waals surface area contributed by atoms with Gasteiger partial charge < -0.3 is 15.8 Å². The maximum absolute atomic E-state index is 5.99. The van der Waals surface area contributed by atoms with Crippen molar-refractivity contribution in [2.45, 2.75) is 13.3 Å². The number of rotatable bonds is 7. The van der Waals surface area contributed by atoms with Crippen LogP contribution in [0.2, 0.25) is 0 Å². The second-order valence-electron chi connectivity index (χ2n) is 3.42. The van der Waals surface area contributed by atoms with Crippen molar-refractivity contribution < 1.29 is 4.74 Å². The number of benzene rings is 1. The number of para-hydroxylation sites is 1. The van der Waals surface area contributed by atoms with E-state index in [4.69, 9.17) is 10.5 Å². The summed E-state index contributed by atoms with van der Waals surface area (Å²) in [5.41, 5.74) is 7.66. The molecule has 0 aliphatic rings. The molecular weight excluding hydrogens is 220 g/mol. The summed E-state index contributed by atoms with van der Waals surface area (Å²) in [4.78, 5) is 0. The fourth-order valence-corrected chi connectivity index (χ4v) is 1.85. The van der Waals surface area contributed by atoms with Crippen LogP contribution >= 0.6 is 11.8 Å². The first-order chi connectivity index (χ1) is 7.79. The molecule has 1 rings (SSSR count). The Balaban J connectivity index is 2.55. The number of thioether (sulfide) groups is 1. The van der Waals surface area contributed by atoms with Crippen molar-refractivity contribution >= 4 is 23.1 Å². The number of hydrogen-bond donors (Lipinski definition) is 2. The highest BCUT2D eigenvalue weighted by molar-refractivity contribution is 7.98. The van der Waals surface area contributed by atoms with Crippen LogP contribution in [0, 0.1) is 0 Å². The van der Waals surface area contributed by atoms with Crippen LogP contribution in [-0.4, -0.2) is 25.2 Å². The van der Waals surface area contributed by atoms with Crippen molar-refractivity contribution in [1.82, 2.24) is 0 Å². The van der Waals surface area contributed by atoms with E-state index < -0.39 is 0 Å². The molecule has 0 heterocycles. The largest absolute Gasteiger partial charge is 0.492 e. The molecule has 0 fully saturated rings. The van der Waals surface area contributed by atoms with Gasteiger partial charge >= 0.3 is 0 Å². The third kappa shape index (κ3) is 3.85. The Morgan fingerprint density at radius 1 is 1.44 bits per heavy atom. The quantitative estimate of drug-likeness (QED) is 0.568. The average Bonchev–Trinajstić information content (AvgIpc) is 2.29. The molecule has 0 amide bonds. The summed E-state index contributed by atoms with van der Waals surface area (Å²) in [6, 6.07) is 5.83. The first kappa shape index (κ1) is 13.0. The van der Waals surface area contributed by atoms with Gasteiger partial charge in [0.1, 0.15) is 5.75 Å². The van der Waals surface area contributed by atoms with Gasteiger partial charge in [-0.2, -0.15) is 11.8 Å². The summed E-state index contributed by atoms with van der Waals surface area (Å²) in [6.45, 7) is 3.54. The summed E-state index contributed by atoms with van der Waals surface area (Å²) in [5, 5.41) is 3.33. The maximum atomic E-state index is 5.99. The van der Waals surface area contributed by atoms with Gasteiger partial charge in [0.2, 0.25) is 0 Å². The molecular formula is C12H20N2OS. The van der Waals surface area contributed by atoms with Crippen molar-refractivity contribution in [2.24, 2.45) is 0 Å². The maximum Gasteiger partial charge on any atom is 0.144 e. The Morgan fingerprint density at radius 2 is 2.25 bits per heavy atom. The summed E-state index contributed by atoms with van der Waals surface area (Å²) < 4.78 is 5.44. The Bertz CT molecular complexity index is 318. The molecule has 0 saturated heterocycles. The number of nitrogens with two attached hydrogens (primary N) is 1. The van der Waals surface area contributed by atoms with Crippen molar-refractivity contribution in [3.8, 4) is 5.75 Å². The first-order valence-electron chi connectivity index (χ1n) is 5.53. The minimum Gasteiger partial charge on any atom is -0.492 e. The fraction of sp³-hybridized carbons (Fsp3) is 0.500. The van der Waals surface area contributed by atoms with E-state index in [1.54, 1.807) is 0 Å². The van der Waals surface area contributed by atoms with E-state index in [0.29, 0.717) is 12.3 Å². The highest BCUT2D eigenvalue weighted by Gasteiger charge is 2.04. The molecule has 0 saturated carbocycles. The molecule has 3 N–H and O–H groups in total. The number of nitrogens with one attached hydrogen (secondary N) is 1. The molecule has 0 aliphatic carbocycles. The Hall–Kier alpha value is -1.03. The van der Waals surface area contributed by atoms with Crippen LogP contribution in [0.5, 0.6) is 5.75 Å². The van der Waals surface area contributed by atoms with Gasteiger partial charge in [-0.05, 0) is 37.5 Å². The lowest BCUT2D eigenvalue weighted by molar-refractivity contribution is 0.342. The molecule has 3 nitrogen and oxygen atoms in total. The molecule has 0 spiro atoms. The monoisotopic (exact) mass is 240 g/mol. The highest BCUT2D eigenvalue weighted by atomic mass is 32.2. The van der Waals surface area contributed by atoms with E-state index in [1.165, 1.54) is 0 Å². The lowest BCUT2D eigenvalue weighted by Gasteiger charge is -2.12. The van der Waals surface area contributed by atoms with Gasteiger partial charge in [-0.25, -0.2) is 0 Å². The lowest BCUT2D eigenvalue weighted by Crippen LogP contribution is -2.06. The average molecular weight is 240 g/mol. The molecule has 0 atom stereocenters. The minimum atomic E-state index is 0.639. The number of anilines is 2. The van der Waals surface area contributed by atoms with E-state index >= 15 is 0 Å². The van der Waals surface area contributed by atoms with Crippen LogP contribution in [0.3, 0.4) is 0 Å². The predicted octanol–water partition coefficient (Wildman–Crippen LogP) is 2.83. The van der Waals surface area contributed by atoms with Crippen molar-refractivity contribution in [3.05, 3.63) is 18.2 Å². The third-order valence-electron chi connectivity index (χ3n) is 2.21. The zero-order chi connectivity index (χ0) is 11.8. The Kier molecular flexibility index (Phi) is 5.93. The number of hydrogen-bond acceptors (Lipinski definition) is 4. The third-order valence-corrected chi connectivity index (χ3v) is 2.90. The van der Waals surface area contributed by atoms with Crippen LogP contribution in [0.4, 0.5) is 11.4 Å². The Morgan fingerprint density at radius 3 is 2.94 bits per heavy atom. The van der Waals surface area contributed by atoms with Crippen molar-refractivity contribution in [3.63, 3.8) is 0 Å². The van der Waals surface area contributed by atoms with Gasteiger partial charge in [0.15, 0.2) is 0 Å². The van der Waals surface area contributed by atoms with E-state index in [0.717, 1.165) is 30.2 Å². The molecule has 1 aromatic rings. The van der Waals surface area contributed by atoms with Gasteiger partial charge in [-0.3, -0.25) is 0 Å². The standard InChI is InChI=1S/C12H20N2OS/c1-3-15-11-7-4-6-10(12(11)13)14-8-5-9-16-2/h4,6-7,14H,3,5,8-9,13H2,1-2H3. The van der Waals surface area contributed by atoms with Crippen LogP contribution < -0.4 is 15.8 Å². The van der Waals surface area contributed by atoms with Gasteiger partial charge in [0.05, 0.1) is 18.0 Å². The van der Waals surface area contributed by atoms with Crippen molar-refractivity contribution in [2.75, 3.05) is 36.2 Å². The minimum absolute atomic E-state index is 0.639. The van der Waals surface area contributed by atoms with Gasteiger partial charge in [-0.15, -0.1) is 0 Å². The molecule has 90 valence electrons. The number of nitrogen functional groups attached to an aromatic ring is 1. The lowest BCUT2D eigenvalue weighted by atomic mass is 10.2. The molecule has 0 aliphatic heterocycles. The van der Waals surface area contributed by atoms with E-state index in [9.17, 15) is 0 Å². The molecule has 0 bridgehead atoms. The van der Waals surface area contributed by atoms with E-state index in [2.05, 4.69) is 11.6 Å². The van der Waals surface area contributed by atoms with E-state index in [-0.39, 0.29) is 0 Å². The molecule has 0 aromatic heterocycles. The van der Waals surface area contributed by atoms with Crippen molar-refractivity contribution in [1.29, 1.82) is 0 Å². The van der Waals surface area contributed by atoms with Gasteiger partial charge in [-0.1, -0.05) is 6.07 Å². The van der Waals surface area contributed by atoms with Crippen LogP contribution in [-0.2, 0) is 0 Å². The Labute approximate surface area is 102 Å². The van der Waals surface area contributed by atoms with Crippen LogP contribution in [0.1, 0.15) is 13.3 Å². The van der Waals surface area contributed by atoms with Crippen LogP contribution in [0.15, 0.2) is 18.2 Å². The summed E-state index contributed by atoms with van der Waals surface area (Å²) >= 11 is 1.86. The van der Waals surface area contributed by atoms with Gasteiger partial charge in [0.25, 0.3) is 0 Å². The van der Waals surface area contributed by atoms with Crippen LogP contribution in [0.25, 0.3) is 0 Å². The SMILES string of the molecule is CCOc1cccc(NCCCSC)c1N. The highest BCUT2D eigenvalue weighted by Crippen LogP contribution is 2.29. The molecule has 16 heavy (non-hydrogen) atoms. The molecule has 0 unspecified atom stereocenters. The summed E-state index contributed by atoms with van der Waals surface area (Å²) in [5.74, 6) is 1.93. The normalized spacial score (nSPS) is 10.1. The summed E-state index contributed by atoms with van der Waals surface area (Å²) in [7, 11) is 0. The first-order valence-corrected chi connectivity index (χ1v) is 6.93. The second kappa shape index (κ2) is 7.28. The molecule has 0 radical (unpaired) electrons. The topological polar surface area (TPSA) is 47.3 Å². The smallest absolute Gasteiger partial charge is 0.144 e. The fourth-order valence-electron chi connectivity index (χ4n) is 1.42. The zero-order valence-corrected chi connectivity index (χ0v) is 10.8. The molecule has 1 aromatic carbocycles. The molecule has 4 heteroatoms. The summed E-state index contributed by atoms with van der Waals surface area (Å²) in [6.07, 6.45) is 3.25. The number of ether oxygens (including phenoxy) is 1. The zero-order valence-electron chi connectivity index (χ0n) is 9.95. The second-order valence-corrected chi connectivity index (χ2v) is 4.41. The van der Waals surface area contributed by atoms with E-state index in [1.807, 2.05) is 36.9 Å². The van der Waals surface area contributed by atoms with Gasteiger partial charge in [0, 0.05) is 6.54 Å².